The van der Waals surface area contributed by atoms with Gasteiger partial charge in [-0.05, 0) is 84.7 Å². The van der Waals surface area contributed by atoms with Gasteiger partial charge in [0.15, 0.2) is 0 Å². The lowest BCUT2D eigenvalue weighted by Gasteiger charge is -2.47. The Kier molecular flexibility index (Phi) is 3.58. The second-order valence-corrected chi connectivity index (χ2v) is 8.25. The van der Waals surface area contributed by atoms with Crippen LogP contribution in [0.3, 0.4) is 0 Å². The highest BCUT2D eigenvalue weighted by Gasteiger charge is 2.72. The molecule has 120 valence electrons. The van der Waals surface area contributed by atoms with E-state index >= 15 is 0 Å². The first-order valence-corrected chi connectivity index (χ1v) is 9.61. The molecule has 4 rings (SSSR count). The van der Waals surface area contributed by atoms with E-state index in [-0.39, 0.29) is 0 Å². The van der Waals surface area contributed by atoms with Crippen LogP contribution in [-0.2, 0) is 4.79 Å². The van der Waals surface area contributed by atoms with Gasteiger partial charge in [-0.25, -0.2) is 0 Å². The second kappa shape index (κ2) is 5.35. The zero-order valence-corrected chi connectivity index (χ0v) is 14.1. The molecule has 0 amide bonds. The van der Waals surface area contributed by atoms with Crippen LogP contribution in [0, 0.1) is 40.9 Å². The summed E-state index contributed by atoms with van der Waals surface area (Å²) in [5.41, 5.74) is 2.05. The van der Waals surface area contributed by atoms with Crippen LogP contribution in [0.5, 0.6) is 0 Å². The molecule has 0 radical (unpaired) electrons. The summed E-state index contributed by atoms with van der Waals surface area (Å²) in [7, 11) is 0. The summed E-state index contributed by atoms with van der Waals surface area (Å²) in [6.07, 6.45) is 17.4. The summed E-state index contributed by atoms with van der Waals surface area (Å²) in [5, 5.41) is 0. The fraction of sp³-hybridized carbons (Fsp3) is 0.762. The first-order chi connectivity index (χ1) is 10.8. The predicted octanol–water partition coefficient (Wildman–Crippen LogP) is 5.18. The highest BCUT2D eigenvalue weighted by Crippen LogP contribution is 2.78. The van der Waals surface area contributed by atoms with Crippen molar-refractivity contribution in [3.8, 4) is 0 Å². The van der Waals surface area contributed by atoms with Gasteiger partial charge in [-0.3, -0.25) is 4.79 Å². The van der Waals surface area contributed by atoms with Gasteiger partial charge < -0.3 is 0 Å². The molecule has 1 spiro atoms. The molecule has 22 heavy (non-hydrogen) atoms. The van der Waals surface area contributed by atoms with Crippen LogP contribution < -0.4 is 0 Å². The number of hydrogen-bond acceptors (Lipinski definition) is 1. The Labute approximate surface area is 135 Å². The fourth-order valence-corrected chi connectivity index (χ4v) is 7.24. The predicted molar refractivity (Wildman–Crippen MR) is 90.3 cm³/mol. The standard InChI is InChI=1S/C21H30O/c1-3-5-15-14(11-13-22)6-7-17-16(15)10-12-21-18(4-2)20(21)9-8-19(17)21/h6-7,11,13,15-20H,3-5,8-10,12H2,1-2H3/b14-11-. The first kappa shape index (κ1) is 14.7. The van der Waals surface area contributed by atoms with Gasteiger partial charge in [0.1, 0.15) is 6.29 Å². The van der Waals surface area contributed by atoms with Crippen LogP contribution >= 0.6 is 0 Å². The zero-order chi connectivity index (χ0) is 15.3. The molecule has 1 heteroatoms. The maximum absolute atomic E-state index is 11.0. The largest absolute Gasteiger partial charge is 0.299 e. The lowest BCUT2D eigenvalue weighted by molar-refractivity contribution is -0.104. The van der Waals surface area contributed by atoms with Crippen molar-refractivity contribution in [3.05, 3.63) is 23.8 Å². The molecule has 0 aromatic rings. The summed E-state index contributed by atoms with van der Waals surface area (Å²) >= 11 is 0. The second-order valence-electron chi connectivity index (χ2n) is 8.25. The quantitative estimate of drug-likeness (QED) is 0.516. The van der Waals surface area contributed by atoms with E-state index in [2.05, 4.69) is 26.0 Å². The minimum absolute atomic E-state index is 0.639. The van der Waals surface area contributed by atoms with Gasteiger partial charge in [0, 0.05) is 0 Å². The van der Waals surface area contributed by atoms with Crippen molar-refractivity contribution >= 4 is 6.29 Å². The minimum atomic E-state index is 0.639. The molecular weight excluding hydrogens is 268 g/mol. The molecule has 4 aliphatic rings. The summed E-state index contributed by atoms with van der Waals surface area (Å²) in [4.78, 5) is 11.0. The van der Waals surface area contributed by atoms with Crippen LogP contribution in [-0.4, -0.2) is 6.29 Å². The molecule has 1 nitrogen and oxygen atoms in total. The number of aldehydes is 1. The fourth-order valence-electron chi connectivity index (χ4n) is 7.24. The highest BCUT2D eigenvalue weighted by atomic mass is 16.1. The Balaban J connectivity index is 1.65. The van der Waals surface area contributed by atoms with Crippen molar-refractivity contribution in [3.63, 3.8) is 0 Å². The lowest BCUT2D eigenvalue weighted by atomic mass is 9.57. The van der Waals surface area contributed by atoms with Gasteiger partial charge >= 0.3 is 0 Å². The van der Waals surface area contributed by atoms with Crippen molar-refractivity contribution < 1.29 is 4.79 Å². The molecule has 0 saturated heterocycles. The number of rotatable bonds is 4. The van der Waals surface area contributed by atoms with Crippen LogP contribution in [0.2, 0.25) is 0 Å². The molecule has 0 bridgehead atoms. The van der Waals surface area contributed by atoms with E-state index in [1.807, 2.05) is 6.08 Å². The summed E-state index contributed by atoms with van der Waals surface area (Å²) in [6.45, 7) is 4.69. The third-order valence-electron chi connectivity index (χ3n) is 7.86. The molecule has 3 fully saturated rings. The number of allylic oxidation sites excluding steroid dienone is 4. The Morgan fingerprint density at radius 3 is 2.73 bits per heavy atom. The number of fused-ring (bicyclic) bond motifs is 2. The van der Waals surface area contributed by atoms with Crippen molar-refractivity contribution in [2.45, 2.75) is 58.8 Å². The first-order valence-electron chi connectivity index (χ1n) is 9.61. The van der Waals surface area contributed by atoms with Crippen LogP contribution in [0.4, 0.5) is 0 Å². The molecule has 0 aromatic heterocycles. The van der Waals surface area contributed by atoms with E-state index in [9.17, 15) is 4.79 Å². The normalized spacial score (nSPS) is 50.4. The highest BCUT2D eigenvalue weighted by molar-refractivity contribution is 5.67. The third kappa shape index (κ3) is 1.80. The molecule has 7 atom stereocenters. The Bertz CT molecular complexity index is 510. The summed E-state index contributed by atoms with van der Waals surface area (Å²) < 4.78 is 0. The number of hydrogen-bond donors (Lipinski definition) is 0. The molecule has 4 aliphatic carbocycles. The maximum atomic E-state index is 11.0. The molecule has 0 aliphatic heterocycles. The zero-order valence-electron chi connectivity index (χ0n) is 14.1. The van der Waals surface area contributed by atoms with Crippen molar-refractivity contribution in [2.75, 3.05) is 0 Å². The van der Waals surface area contributed by atoms with E-state index in [0.717, 1.165) is 41.3 Å². The van der Waals surface area contributed by atoms with Gasteiger partial charge in [0.05, 0.1) is 0 Å². The van der Waals surface area contributed by atoms with E-state index in [1.165, 1.54) is 50.5 Å². The minimum Gasteiger partial charge on any atom is -0.299 e. The van der Waals surface area contributed by atoms with Gasteiger partial charge in [0.2, 0.25) is 0 Å². The van der Waals surface area contributed by atoms with Crippen molar-refractivity contribution in [1.29, 1.82) is 0 Å². The third-order valence-corrected chi connectivity index (χ3v) is 7.86. The van der Waals surface area contributed by atoms with Gasteiger partial charge in [-0.1, -0.05) is 38.8 Å². The topological polar surface area (TPSA) is 17.1 Å². The average Bonchev–Trinajstić information content (AvgIpc) is 2.97. The lowest BCUT2D eigenvalue weighted by Crippen LogP contribution is -2.40. The smallest absolute Gasteiger partial charge is 0.143 e. The van der Waals surface area contributed by atoms with Gasteiger partial charge in [-0.2, -0.15) is 0 Å². The van der Waals surface area contributed by atoms with Crippen molar-refractivity contribution in [2.24, 2.45) is 40.9 Å². The molecule has 7 unspecified atom stereocenters. The maximum Gasteiger partial charge on any atom is 0.143 e. The van der Waals surface area contributed by atoms with E-state index in [1.54, 1.807) is 0 Å². The number of carbonyl (C=O) groups excluding carboxylic acids is 1. The molecule has 0 aromatic carbocycles. The summed E-state index contributed by atoms with van der Waals surface area (Å²) in [5.74, 6) is 5.31. The Hall–Kier alpha value is -0.850. The molecule has 0 heterocycles. The van der Waals surface area contributed by atoms with Crippen molar-refractivity contribution in [1.82, 2.24) is 0 Å². The summed E-state index contributed by atoms with van der Waals surface area (Å²) in [6, 6.07) is 0. The molecular formula is C21H30O. The van der Waals surface area contributed by atoms with E-state index in [0.29, 0.717) is 5.92 Å². The van der Waals surface area contributed by atoms with Gasteiger partial charge in [-0.15, -0.1) is 0 Å². The number of carbonyl (C=O) groups is 1. The van der Waals surface area contributed by atoms with Crippen LogP contribution in [0.15, 0.2) is 23.8 Å². The average molecular weight is 298 g/mol. The monoisotopic (exact) mass is 298 g/mol. The van der Waals surface area contributed by atoms with Gasteiger partial charge in [0.25, 0.3) is 0 Å². The van der Waals surface area contributed by atoms with Crippen LogP contribution in [0.1, 0.15) is 58.8 Å². The SMILES string of the molecule is CCCC1/C(=C\C=O)C=CC2C1CCC13C2CCC1C3CC. The van der Waals surface area contributed by atoms with E-state index in [4.69, 9.17) is 0 Å². The molecule has 3 saturated carbocycles. The van der Waals surface area contributed by atoms with E-state index < -0.39 is 0 Å². The Morgan fingerprint density at radius 2 is 2.05 bits per heavy atom. The Morgan fingerprint density at radius 1 is 1.23 bits per heavy atom. The molecule has 0 N–H and O–H groups in total. The van der Waals surface area contributed by atoms with Crippen LogP contribution in [0.25, 0.3) is 0 Å².